The van der Waals surface area contributed by atoms with Gasteiger partial charge in [0.1, 0.15) is 17.5 Å². The second kappa shape index (κ2) is 5.18. The fourth-order valence-corrected chi connectivity index (χ4v) is 1.52. The lowest BCUT2D eigenvalue weighted by molar-refractivity contribution is 0.462. The molecule has 0 unspecified atom stereocenters. The third-order valence-electron chi connectivity index (χ3n) is 2.11. The highest BCUT2D eigenvalue weighted by Crippen LogP contribution is 2.29. The van der Waals surface area contributed by atoms with Crippen molar-refractivity contribution >= 4 is 11.6 Å². The molecule has 0 amide bonds. The molecule has 0 aliphatic carbocycles. The highest BCUT2D eigenvalue weighted by Gasteiger charge is 2.05. The minimum absolute atomic E-state index is 0.261. The number of rotatable bonds is 2. The highest BCUT2D eigenvalue weighted by molar-refractivity contribution is 6.32. The van der Waals surface area contributed by atoms with Crippen molar-refractivity contribution in [1.82, 2.24) is 4.98 Å². The van der Waals surface area contributed by atoms with E-state index in [1.54, 1.807) is 30.3 Å². The van der Waals surface area contributed by atoms with E-state index in [1.165, 1.54) is 6.07 Å². The van der Waals surface area contributed by atoms with Gasteiger partial charge in [0.25, 0.3) is 0 Å². The van der Waals surface area contributed by atoms with E-state index in [0.717, 1.165) is 0 Å². The summed E-state index contributed by atoms with van der Waals surface area (Å²) in [4.78, 5) is 3.96. The number of pyridine rings is 1. The summed E-state index contributed by atoms with van der Waals surface area (Å²) in [5, 5.41) is 17.8. The Morgan fingerprint density at radius 3 is 2.61 bits per heavy atom. The van der Waals surface area contributed by atoms with Crippen molar-refractivity contribution in [3.8, 4) is 23.8 Å². The molecule has 2 aromatic rings. The lowest BCUT2D eigenvalue weighted by Gasteiger charge is -2.06. The number of nitrogens with zero attached hydrogens (tertiary/aromatic N) is 3. The Morgan fingerprint density at radius 2 is 1.94 bits per heavy atom. The lowest BCUT2D eigenvalue weighted by Crippen LogP contribution is -1.91. The van der Waals surface area contributed by atoms with Crippen molar-refractivity contribution in [2.45, 2.75) is 0 Å². The summed E-state index contributed by atoms with van der Waals surface area (Å²) >= 11 is 5.96. The molecule has 4 nitrogen and oxygen atoms in total. The van der Waals surface area contributed by atoms with Crippen molar-refractivity contribution in [3.05, 3.63) is 52.7 Å². The summed E-state index contributed by atoms with van der Waals surface area (Å²) in [6.07, 6.45) is 0. The van der Waals surface area contributed by atoms with E-state index < -0.39 is 0 Å². The van der Waals surface area contributed by atoms with Gasteiger partial charge in [-0.2, -0.15) is 10.5 Å². The number of hydrogen-bond acceptors (Lipinski definition) is 4. The smallest absolute Gasteiger partial charge is 0.220 e. The fourth-order valence-electron chi connectivity index (χ4n) is 1.30. The Balaban J connectivity index is 2.29. The Labute approximate surface area is 109 Å². The number of aromatic nitrogens is 1. The number of ether oxygens (including phenoxy) is 1. The largest absolute Gasteiger partial charge is 0.437 e. The maximum absolute atomic E-state index is 8.72. The van der Waals surface area contributed by atoms with E-state index >= 15 is 0 Å². The molecule has 5 heteroatoms. The van der Waals surface area contributed by atoms with E-state index in [2.05, 4.69) is 4.98 Å². The van der Waals surface area contributed by atoms with E-state index in [9.17, 15) is 0 Å². The normalized spacial score (nSPS) is 9.28. The van der Waals surface area contributed by atoms with E-state index in [-0.39, 0.29) is 11.6 Å². The zero-order valence-electron chi connectivity index (χ0n) is 9.09. The van der Waals surface area contributed by atoms with Crippen LogP contribution in [-0.4, -0.2) is 4.98 Å². The zero-order chi connectivity index (χ0) is 13.0. The minimum atomic E-state index is 0.261. The van der Waals surface area contributed by atoms with E-state index in [4.69, 9.17) is 26.9 Å². The first-order valence-electron chi connectivity index (χ1n) is 4.97. The molecule has 86 valence electrons. The van der Waals surface area contributed by atoms with Crippen LogP contribution in [0.5, 0.6) is 11.6 Å². The molecule has 0 aliphatic heterocycles. The second-order valence-corrected chi connectivity index (χ2v) is 3.74. The molecule has 0 N–H and O–H groups in total. The van der Waals surface area contributed by atoms with Gasteiger partial charge in [0.05, 0.1) is 16.7 Å². The molecule has 1 heterocycles. The van der Waals surface area contributed by atoms with Gasteiger partial charge < -0.3 is 4.74 Å². The maximum Gasteiger partial charge on any atom is 0.220 e. The molecule has 1 aromatic heterocycles. The van der Waals surface area contributed by atoms with E-state index in [1.807, 2.05) is 12.1 Å². The van der Waals surface area contributed by atoms with Crippen molar-refractivity contribution in [3.63, 3.8) is 0 Å². The first-order chi connectivity index (χ1) is 8.72. The summed E-state index contributed by atoms with van der Waals surface area (Å²) in [5.74, 6) is 0.666. The molecule has 0 atom stereocenters. The van der Waals surface area contributed by atoms with Crippen molar-refractivity contribution in [2.75, 3.05) is 0 Å². The molecule has 0 radical (unpaired) electrons. The second-order valence-electron chi connectivity index (χ2n) is 3.33. The predicted molar refractivity (Wildman–Crippen MR) is 65.2 cm³/mol. The first-order valence-corrected chi connectivity index (χ1v) is 5.35. The molecular formula is C13H6ClN3O. The summed E-state index contributed by atoms with van der Waals surface area (Å²) in [7, 11) is 0. The molecular weight excluding hydrogens is 250 g/mol. The zero-order valence-corrected chi connectivity index (χ0v) is 9.85. The minimum Gasteiger partial charge on any atom is -0.437 e. The van der Waals surface area contributed by atoms with Crippen LogP contribution in [0.25, 0.3) is 0 Å². The SMILES string of the molecule is N#Cc1ccc(Oc2cccc(C#N)n2)c(Cl)c1. The van der Waals surface area contributed by atoms with Gasteiger partial charge in [-0.25, -0.2) is 4.98 Å². The van der Waals surface area contributed by atoms with Crippen LogP contribution < -0.4 is 4.74 Å². The molecule has 0 aliphatic rings. The Hall–Kier alpha value is -2.56. The van der Waals surface area contributed by atoms with Crippen LogP contribution in [0.4, 0.5) is 0 Å². The number of benzene rings is 1. The Kier molecular flexibility index (Phi) is 3.43. The van der Waals surface area contributed by atoms with Gasteiger partial charge in [-0.1, -0.05) is 17.7 Å². The standard InChI is InChI=1S/C13H6ClN3O/c14-11-6-9(7-15)4-5-12(11)18-13-3-1-2-10(8-16)17-13/h1-6H. The Morgan fingerprint density at radius 1 is 1.11 bits per heavy atom. The predicted octanol–water partition coefficient (Wildman–Crippen LogP) is 3.27. The highest BCUT2D eigenvalue weighted by atomic mass is 35.5. The van der Waals surface area contributed by atoms with Gasteiger partial charge in [-0.05, 0) is 24.3 Å². The van der Waals surface area contributed by atoms with Crippen molar-refractivity contribution in [2.24, 2.45) is 0 Å². The first kappa shape index (κ1) is 11.9. The molecule has 0 bridgehead atoms. The average Bonchev–Trinajstić information content (AvgIpc) is 2.41. The van der Waals surface area contributed by atoms with Crippen molar-refractivity contribution < 1.29 is 4.74 Å². The average molecular weight is 256 g/mol. The monoisotopic (exact) mass is 255 g/mol. The molecule has 0 spiro atoms. The lowest BCUT2D eigenvalue weighted by atomic mass is 10.2. The van der Waals surface area contributed by atoms with Crippen LogP contribution in [0, 0.1) is 22.7 Å². The van der Waals surface area contributed by atoms with Gasteiger partial charge in [0.15, 0.2) is 0 Å². The molecule has 0 fully saturated rings. The van der Waals surface area contributed by atoms with Gasteiger partial charge in [-0.3, -0.25) is 0 Å². The van der Waals surface area contributed by atoms with Gasteiger partial charge in [0.2, 0.25) is 5.88 Å². The quantitative estimate of drug-likeness (QED) is 0.826. The molecule has 0 saturated carbocycles. The topological polar surface area (TPSA) is 69.7 Å². The number of hydrogen-bond donors (Lipinski definition) is 0. The molecule has 18 heavy (non-hydrogen) atoms. The van der Waals surface area contributed by atoms with Crippen LogP contribution >= 0.6 is 11.6 Å². The van der Waals surface area contributed by atoms with Gasteiger partial charge >= 0.3 is 0 Å². The maximum atomic E-state index is 8.72. The molecule has 0 saturated heterocycles. The number of halogens is 1. The summed E-state index contributed by atoms with van der Waals surface area (Å²) in [5.41, 5.74) is 0.711. The summed E-state index contributed by atoms with van der Waals surface area (Å²) in [6, 6.07) is 13.4. The van der Waals surface area contributed by atoms with Crippen molar-refractivity contribution in [1.29, 1.82) is 10.5 Å². The van der Waals surface area contributed by atoms with Crippen LogP contribution in [0.1, 0.15) is 11.3 Å². The van der Waals surface area contributed by atoms with Crippen LogP contribution in [0.2, 0.25) is 5.02 Å². The molecule has 1 aromatic carbocycles. The summed E-state index contributed by atoms with van der Waals surface area (Å²) in [6.45, 7) is 0. The third-order valence-corrected chi connectivity index (χ3v) is 2.41. The summed E-state index contributed by atoms with van der Waals surface area (Å²) < 4.78 is 5.45. The number of nitriles is 2. The molecule has 2 rings (SSSR count). The third kappa shape index (κ3) is 2.57. The fraction of sp³-hybridized carbons (Fsp3) is 0. The van der Waals surface area contributed by atoms with Crippen LogP contribution in [-0.2, 0) is 0 Å². The Bertz CT molecular complexity index is 671. The van der Waals surface area contributed by atoms with Gasteiger partial charge in [0, 0.05) is 6.07 Å². The van der Waals surface area contributed by atoms with Gasteiger partial charge in [-0.15, -0.1) is 0 Å². The van der Waals surface area contributed by atoms with E-state index in [0.29, 0.717) is 16.3 Å². The van der Waals surface area contributed by atoms with Crippen LogP contribution in [0.15, 0.2) is 36.4 Å². The van der Waals surface area contributed by atoms with Crippen LogP contribution in [0.3, 0.4) is 0 Å².